The van der Waals surface area contributed by atoms with E-state index < -0.39 is 6.16 Å². The van der Waals surface area contributed by atoms with Crippen molar-refractivity contribution in [2.24, 2.45) is 0 Å². The third kappa shape index (κ3) is 150. The van der Waals surface area contributed by atoms with Gasteiger partial charge in [-0.2, -0.15) is 0 Å². The largest absolute Gasteiger partial charge is 2.00 e. The first-order chi connectivity index (χ1) is 1.73. The summed E-state index contributed by atoms with van der Waals surface area (Å²) < 4.78 is 0. The van der Waals surface area contributed by atoms with Gasteiger partial charge in [0.1, 0.15) is 0 Å². The summed E-state index contributed by atoms with van der Waals surface area (Å²) in [5.41, 5.74) is 0. The molecule has 0 atom stereocenters. The van der Waals surface area contributed by atoms with Gasteiger partial charge in [-0.25, -0.2) is 0 Å². The maximum absolute atomic E-state index is 8.33. The average Bonchev–Trinajstić information content (AvgIpc) is 0.811. The Morgan fingerprint density at radius 1 is 1.29 bits per heavy atom. The van der Waals surface area contributed by atoms with Crippen LogP contribution in [-0.4, -0.2) is 11.6 Å². The molecule has 0 aromatic carbocycles. The molecule has 2 N–H and O–H groups in total. The van der Waals surface area contributed by atoms with E-state index in [9.17, 15) is 0 Å². The standard InChI is InChI=1S/CH2O3.Na.H2O.Zr/c2-1(3)4;;;/h(H2,2,3,4);;1H2;/q;+1;;+2/p-2. The van der Waals surface area contributed by atoms with Crippen LogP contribution in [0.15, 0.2) is 0 Å². The number of carboxylic acid groups (broad SMARTS) is 2. The molecule has 0 aromatic heterocycles. The van der Waals surface area contributed by atoms with Crippen LogP contribution in [0.5, 0.6) is 0 Å². The minimum atomic E-state index is -2.33. The molecular formula is CH2NaO4Zr+. The summed E-state index contributed by atoms with van der Waals surface area (Å²) in [5, 5.41) is 16.7. The summed E-state index contributed by atoms with van der Waals surface area (Å²) in [5.74, 6) is 0. The Bertz CT molecular complexity index is 34.7. The molecule has 7 heavy (non-hydrogen) atoms. The van der Waals surface area contributed by atoms with Crippen molar-refractivity contribution in [2.75, 3.05) is 0 Å². The zero-order valence-corrected chi connectivity index (χ0v) is 8.18. The molecule has 0 bridgehead atoms. The van der Waals surface area contributed by atoms with Crippen molar-refractivity contribution in [1.29, 1.82) is 0 Å². The summed E-state index contributed by atoms with van der Waals surface area (Å²) in [6.45, 7) is 0. The molecule has 0 aliphatic heterocycles. The van der Waals surface area contributed by atoms with Gasteiger partial charge < -0.3 is 20.5 Å². The summed E-state index contributed by atoms with van der Waals surface area (Å²) >= 11 is 0. The quantitative estimate of drug-likeness (QED) is 0.357. The number of carbonyl (C=O) groups is 1. The van der Waals surface area contributed by atoms with Crippen LogP contribution in [-0.2, 0) is 26.2 Å². The van der Waals surface area contributed by atoms with Gasteiger partial charge in [0, 0.05) is 0 Å². The molecule has 0 aliphatic rings. The molecule has 0 unspecified atom stereocenters. The second kappa shape index (κ2) is 15.7. The van der Waals surface area contributed by atoms with E-state index in [2.05, 4.69) is 0 Å². The summed E-state index contributed by atoms with van der Waals surface area (Å²) in [6, 6.07) is 0. The molecule has 0 aliphatic carbocycles. The third-order valence-corrected chi connectivity index (χ3v) is 0. The second-order valence-electron chi connectivity index (χ2n) is 0.250. The molecule has 34 valence electrons. The zero-order valence-electron chi connectivity index (χ0n) is 3.72. The minimum Gasteiger partial charge on any atom is -0.652 e. The van der Waals surface area contributed by atoms with E-state index in [0.717, 1.165) is 0 Å². The molecule has 0 radical (unpaired) electrons. The molecule has 0 aromatic rings. The fourth-order valence-corrected chi connectivity index (χ4v) is 0. The Kier molecular flexibility index (Phi) is 54.5. The Hall–Kier alpha value is 1.11. The number of rotatable bonds is 0. The second-order valence-corrected chi connectivity index (χ2v) is 0.250. The molecule has 0 saturated heterocycles. The van der Waals surface area contributed by atoms with Crippen molar-refractivity contribution >= 4 is 6.16 Å². The predicted octanol–water partition coefficient (Wildman–Crippen LogP) is -6.27. The van der Waals surface area contributed by atoms with E-state index in [-0.39, 0.29) is 61.2 Å². The summed E-state index contributed by atoms with van der Waals surface area (Å²) in [7, 11) is 0. The van der Waals surface area contributed by atoms with E-state index >= 15 is 0 Å². The molecule has 0 heterocycles. The molecular weight excluding hydrogens is 190 g/mol. The van der Waals surface area contributed by atoms with Gasteiger partial charge in [0.05, 0.1) is 0 Å². The average molecular weight is 192 g/mol. The molecule has 0 fully saturated rings. The third-order valence-electron chi connectivity index (χ3n) is 0. The van der Waals surface area contributed by atoms with E-state index in [1.807, 2.05) is 0 Å². The van der Waals surface area contributed by atoms with Gasteiger partial charge in [0.25, 0.3) is 0 Å². The van der Waals surface area contributed by atoms with E-state index in [1.54, 1.807) is 0 Å². The van der Waals surface area contributed by atoms with Crippen molar-refractivity contribution in [3.05, 3.63) is 0 Å². The van der Waals surface area contributed by atoms with Gasteiger partial charge in [0.2, 0.25) is 0 Å². The van der Waals surface area contributed by atoms with E-state index in [1.165, 1.54) is 0 Å². The Labute approximate surface area is 81.6 Å². The normalized spacial score (nSPS) is 3.43. The fourth-order valence-electron chi connectivity index (χ4n) is 0. The van der Waals surface area contributed by atoms with Crippen molar-refractivity contribution < 1.29 is 76.2 Å². The molecule has 4 nitrogen and oxygen atoms in total. The van der Waals surface area contributed by atoms with Crippen LogP contribution in [0.2, 0.25) is 0 Å². The van der Waals surface area contributed by atoms with Crippen LogP contribution < -0.4 is 39.8 Å². The zero-order chi connectivity index (χ0) is 3.58. The van der Waals surface area contributed by atoms with Gasteiger partial charge in [0.15, 0.2) is 0 Å². The van der Waals surface area contributed by atoms with Gasteiger partial charge in [-0.15, -0.1) is 0 Å². The van der Waals surface area contributed by atoms with E-state index in [4.69, 9.17) is 15.0 Å². The van der Waals surface area contributed by atoms with Crippen LogP contribution in [0.25, 0.3) is 0 Å². The first-order valence-electron chi connectivity index (χ1n) is 0.612. The Morgan fingerprint density at radius 3 is 1.29 bits per heavy atom. The van der Waals surface area contributed by atoms with Crippen LogP contribution in [0.1, 0.15) is 0 Å². The van der Waals surface area contributed by atoms with Gasteiger partial charge in [-0.1, -0.05) is 0 Å². The van der Waals surface area contributed by atoms with Crippen LogP contribution in [0.3, 0.4) is 0 Å². The minimum absolute atomic E-state index is 0. The Morgan fingerprint density at radius 2 is 1.29 bits per heavy atom. The monoisotopic (exact) mass is 191 g/mol. The molecule has 0 rings (SSSR count). The van der Waals surface area contributed by atoms with Gasteiger partial charge in [-0.3, -0.25) is 0 Å². The van der Waals surface area contributed by atoms with Crippen molar-refractivity contribution in [3.8, 4) is 0 Å². The first-order valence-corrected chi connectivity index (χ1v) is 0.612. The molecule has 0 saturated carbocycles. The summed E-state index contributed by atoms with van der Waals surface area (Å²) in [6.07, 6.45) is -2.33. The smallest absolute Gasteiger partial charge is 0.652 e. The maximum atomic E-state index is 8.33. The molecule has 6 heteroatoms. The maximum Gasteiger partial charge on any atom is 2.00 e. The van der Waals surface area contributed by atoms with Crippen molar-refractivity contribution in [2.45, 2.75) is 0 Å². The molecule has 0 spiro atoms. The van der Waals surface area contributed by atoms with Crippen LogP contribution in [0, 0.1) is 0 Å². The number of hydrogen-bond donors (Lipinski definition) is 0. The first kappa shape index (κ1) is 24.3. The van der Waals surface area contributed by atoms with Crippen LogP contribution >= 0.6 is 0 Å². The summed E-state index contributed by atoms with van der Waals surface area (Å²) in [4.78, 5) is 8.33. The van der Waals surface area contributed by atoms with E-state index in [0.29, 0.717) is 0 Å². The number of carbonyl (C=O) groups excluding carboxylic acids is 1. The predicted molar refractivity (Wildman–Crippen MR) is 9.01 cm³/mol. The number of hydrogen-bond acceptors (Lipinski definition) is 3. The van der Waals surface area contributed by atoms with Crippen molar-refractivity contribution in [3.63, 3.8) is 0 Å². The Balaban J connectivity index is -0.0000000150. The molecule has 0 amide bonds. The van der Waals surface area contributed by atoms with Gasteiger partial charge in [-0.05, 0) is 6.16 Å². The topological polar surface area (TPSA) is 94.7 Å². The van der Waals surface area contributed by atoms with Crippen LogP contribution in [0.4, 0.5) is 4.79 Å². The van der Waals surface area contributed by atoms with Gasteiger partial charge >= 0.3 is 55.8 Å². The van der Waals surface area contributed by atoms with Crippen molar-refractivity contribution in [1.82, 2.24) is 0 Å². The SMILES string of the molecule is O.O=C([O-])[O-].[Na+].[Zr+2]. The fraction of sp³-hybridized carbons (Fsp3) is 0.